The molecule has 2 nitrogen and oxygen atoms in total. The Kier molecular flexibility index (Phi) is 3.67. The Labute approximate surface area is 121 Å². The SMILES string of the molecule is FC1(F)CCC(C(Cl)Cc2nc3ccccc3o2)CC1. The Balaban J connectivity index is 1.65. The quantitative estimate of drug-likeness (QED) is 0.761. The molecule has 0 spiro atoms. The van der Waals surface area contributed by atoms with Crippen LogP contribution in [0, 0.1) is 5.92 Å². The van der Waals surface area contributed by atoms with E-state index in [1.807, 2.05) is 24.3 Å². The van der Waals surface area contributed by atoms with Crippen LogP contribution in [0.4, 0.5) is 8.78 Å². The molecule has 0 saturated heterocycles. The Hall–Kier alpha value is -1.16. The largest absolute Gasteiger partial charge is 0.441 e. The third-order valence-corrected chi connectivity index (χ3v) is 4.49. The van der Waals surface area contributed by atoms with Crippen molar-refractivity contribution in [1.82, 2.24) is 4.98 Å². The van der Waals surface area contributed by atoms with Gasteiger partial charge in [0.2, 0.25) is 5.92 Å². The van der Waals surface area contributed by atoms with E-state index < -0.39 is 5.92 Å². The summed E-state index contributed by atoms with van der Waals surface area (Å²) in [5.74, 6) is -1.81. The number of benzene rings is 1. The molecule has 1 unspecified atom stereocenters. The minimum absolute atomic E-state index is 0.0611. The van der Waals surface area contributed by atoms with Gasteiger partial charge in [-0.15, -0.1) is 11.6 Å². The summed E-state index contributed by atoms with van der Waals surface area (Å²) in [6, 6.07) is 7.53. The molecule has 1 aromatic heterocycles. The highest BCUT2D eigenvalue weighted by Gasteiger charge is 2.37. The first-order chi connectivity index (χ1) is 9.53. The van der Waals surface area contributed by atoms with Gasteiger partial charge in [0.05, 0.1) is 0 Å². The van der Waals surface area contributed by atoms with Gasteiger partial charge in [-0.25, -0.2) is 13.8 Å². The van der Waals surface area contributed by atoms with Crippen molar-refractivity contribution in [3.8, 4) is 0 Å². The van der Waals surface area contributed by atoms with Crippen LogP contribution in [0.5, 0.6) is 0 Å². The van der Waals surface area contributed by atoms with E-state index in [1.54, 1.807) is 0 Å². The van der Waals surface area contributed by atoms with Crippen molar-refractivity contribution < 1.29 is 13.2 Å². The van der Waals surface area contributed by atoms with Gasteiger partial charge in [0, 0.05) is 24.6 Å². The van der Waals surface area contributed by atoms with Gasteiger partial charge >= 0.3 is 0 Å². The molecule has 0 N–H and O–H groups in total. The molecule has 1 atom stereocenters. The summed E-state index contributed by atoms with van der Waals surface area (Å²) in [7, 11) is 0. The second-order valence-corrected chi connectivity index (χ2v) is 6.05. The highest BCUT2D eigenvalue weighted by Crippen LogP contribution is 2.39. The number of hydrogen-bond donors (Lipinski definition) is 0. The lowest BCUT2D eigenvalue weighted by Crippen LogP contribution is -2.29. The van der Waals surface area contributed by atoms with E-state index in [2.05, 4.69) is 4.98 Å². The molecule has 108 valence electrons. The summed E-state index contributed by atoms with van der Waals surface area (Å²) in [5.41, 5.74) is 1.54. The molecule has 5 heteroatoms. The second-order valence-electron chi connectivity index (χ2n) is 5.49. The van der Waals surface area contributed by atoms with Crippen molar-refractivity contribution in [2.24, 2.45) is 5.92 Å². The van der Waals surface area contributed by atoms with Crippen molar-refractivity contribution >= 4 is 22.7 Å². The van der Waals surface area contributed by atoms with E-state index in [0.29, 0.717) is 25.2 Å². The van der Waals surface area contributed by atoms with Crippen molar-refractivity contribution in [2.45, 2.75) is 43.4 Å². The number of alkyl halides is 3. The summed E-state index contributed by atoms with van der Waals surface area (Å²) in [6.07, 6.45) is 1.32. The van der Waals surface area contributed by atoms with E-state index >= 15 is 0 Å². The minimum atomic E-state index is -2.51. The van der Waals surface area contributed by atoms with Crippen molar-refractivity contribution in [1.29, 1.82) is 0 Å². The highest BCUT2D eigenvalue weighted by atomic mass is 35.5. The standard InChI is InChI=1S/C15H16ClF2NO/c16-11(10-5-7-15(17,18)8-6-10)9-14-19-12-3-1-2-4-13(12)20-14/h1-4,10-11H,5-9H2. The van der Waals surface area contributed by atoms with Gasteiger partial charge in [0.1, 0.15) is 5.52 Å². The smallest absolute Gasteiger partial charge is 0.248 e. The molecule has 1 fully saturated rings. The Bertz CT molecular complexity index is 555. The summed E-state index contributed by atoms with van der Waals surface area (Å²) in [5, 5.41) is -0.195. The predicted molar refractivity (Wildman–Crippen MR) is 74.3 cm³/mol. The van der Waals surface area contributed by atoms with Gasteiger partial charge in [-0.05, 0) is 30.9 Å². The summed E-state index contributed by atoms with van der Waals surface area (Å²) in [4.78, 5) is 4.38. The third kappa shape index (κ3) is 2.95. The average molecular weight is 300 g/mol. The number of halogens is 3. The molecule has 0 bridgehead atoms. The first kappa shape index (κ1) is 13.8. The van der Waals surface area contributed by atoms with Crippen LogP contribution in [0.3, 0.4) is 0 Å². The minimum Gasteiger partial charge on any atom is -0.441 e. The highest BCUT2D eigenvalue weighted by molar-refractivity contribution is 6.20. The van der Waals surface area contributed by atoms with Crippen LogP contribution >= 0.6 is 11.6 Å². The molecule has 1 heterocycles. The molecule has 0 radical (unpaired) electrons. The van der Waals surface area contributed by atoms with Gasteiger partial charge in [0.15, 0.2) is 11.5 Å². The Morgan fingerprint density at radius 2 is 2.00 bits per heavy atom. The molecule has 1 saturated carbocycles. The number of nitrogens with zero attached hydrogens (tertiary/aromatic N) is 1. The van der Waals surface area contributed by atoms with Gasteiger partial charge in [0.25, 0.3) is 0 Å². The van der Waals surface area contributed by atoms with Crippen LogP contribution in [0.15, 0.2) is 28.7 Å². The van der Waals surface area contributed by atoms with Gasteiger partial charge < -0.3 is 4.42 Å². The van der Waals surface area contributed by atoms with E-state index in [0.717, 1.165) is 11.1 Å². The normalized spacial score (nSPS) is 21.1. The second kappa shape index (κ2) is 5.32. The fraction of sp³-hybridized carbons (Fsp3) is 0.533. The summed E-state index contributed by atoms with van der Waals surface area (Å²) >= 11 is 6.37. The number of fused-ring (bicyclic) bond motifs is 1. The predicted octanol–water partition coefficient (Wildman–Crippen LogP) is 4.80. The number of para-hydroxylation sites is 2. The average Bonchev–Trinajstić information content (AvgIpc) is 2.80. The number of oxazole rings is 1. The molecule has 0 amide bonds. The molecule has 1 aliphatic carbocycles. The zero-order valence-electron chi connectivity index (χ0n) is 11.0. The number of rotatable bonds is 3. The lowest BCUT2D eigenvalue weighted by molar-refractivity contribution is -0.0460. The van der Waals surface area contributed by atoms with E-state index in [-0.39, 0.29) is 24.1 Å². The molecule has 20 heavy (non-hydrogen) atoms. The molecule has 2 aromatic rings. The fourth-order valence-corrected chi connectivity index (χ4v) is 3.15. The fourth-order valence-electron chi connectivity index (χ4n) is 2.76. The van der Waals surface area contributed by atoms with Crippen LogP contribution in [0.1, 0.15) is 31.6 Å². The zero-order chi connectivity index (χ0) is 14.2. The van der Waals surface area contributed by atoms with Crippen molar-refractivity contribution in [2.75, 3.05) is 0 Å². The molecule has 0 aliphatic heterocycles. The van der Waals surface area contributed by atoms with Crippen LogP contribution in [0.2, 0.25) is 0 Å². The summed E-state index contributed by atoms with van der Waals surface area (Å²) in [6.45, 7) is 0. The summed E-state index contributed by atoms with van der Waals surface area (Å²) < 4.78 is 31.9. The van der Waals surface area contributed by atoms with Crippen LogP contribution in [-0.2, 0) is 6.42 Å². The molecular formula is C15H16ClF2NO. The molecule has 3 rings (SSSR count). The maximum absolute atomic E-state index is 13.1. The maximum Gasteiger partial charge on any atom is 0.248 e. The number of aromatic nitrogens is 1. The Morgan fingerprint density at radius 1 is 1.30 bits per heavy atom. The third-order valence-electron chi connectivity index (χ3n) is 3.98. The van der Waals surface area contributed by atoms with Crippen LogP contribution in [0.25, 0.3) is 11.1 Å². The zero-order valence-corrected chi connectivity index (χ0v) is 11.7. The first-order valence-electron chi connectivity index (χ1n) is 6.90. The van der Waals surface area contributed by atoms with Gasteiger partial charge in [-0.3, -0.25) is 0 Å². The van der Waals surface area contributed by atoms with Crippen LogP contribution in [-0.4, -0.2) is 16.3 Å². The van der Waals surface area contributed by atoms with E-state index in [4.69, 9.17) is 16.0 Å². The lowest BCUT2D eigenvalue weighted by Gasteiger charge is -2.30. The van der Waals surface area contributed by atoms with Gasteiger partial charge in [-0.1, -0.05) is 12.1 Å². The van der Waals surface area contributed by atoms with Crippen LogP contribution < -0.4 is 0 Å². The van der Waals surface area contributed by atoms with Gasteiger partial charge in [-0.2, -0.15) is 0 Å². The lowest BCUT2D eigenvalue weighted by atomic mass is 9.84. The first-order valence-corrected chi connectivity index (χ1v) is 7.33. The van der Waals surface area contributed by atoms with Crippen molar-refractivity contribution in [3.05, 3.63) is 30.2 Å². The molecule has 1 aromatic carbocycles. The Morgan fingerprint density at radius 3 is 2.70 bits per heavy atom. The van der Waals surface area contributed by atoms with Crippen molar-refractivity contribution in [3.63, 3.8) is 0 Å². The topological polar surface area (TPSA) is 26.0 Å². The number of hydrogen-bond acceptors (Lipinski definition) is 2. The molecule has 1 aliphatic rings. The van der Waals surface area contributed by atoms with E-state index in [1.165, 1.54) is 0 Å². The van der Waals surface area contributed by atoms with E-state index in [9.17, 15) is 8.78 Å². The monoisotopic (exact) mass is 299 g/mol. The molecular weight excluding hydrogens is 284 g/mol. The maximum atomic E-state index is 13.1.